The number of rotatable bonds is 5. The molecule has 4 rings (SSSR count). The summed E-state index contributed by atoms with van der Waals surface area (Å²) in [4.78, 5) is 27.6. The average molecular weight is 408 g/mol. The third-order valence-corrected chi connectivity index (χ3v) is 5.20. The maximum absolute atomic E-state index is 13.5. The number of amides is 2. The van der Waals surface area contributed by atoms with Gasteiger partial charge in [0.2, 0.25) is 0 Å². The van der Waals surface area contributed by atoms with Gasteiger partial charge in [0.15, 0.2) is 11.9 Å². The van der Waals surface area contributed by atoms with Gasteiger partial charge >= 0.3 is 0 Å². The Hall–Kier alpha value is -3.48. The Morgan fingerprint density at radius 2 is 2.03 bits per heavy atom. The molecule has 0 saturated heterocycles. The molecule has 0 unspecified atom stereocenters. The van der Waals surface area contributed by atoms with Crippen molar-refractivity contribution in [1.82, 2.24) is 5.32 Å². The molecule has 1 aliphatic heterocycles. The minimum atomic E-state index is -0.792. The Labute approximate surface area is 174 Å². The zero-order valence-corrected chi connectivity index (χ0v) is 17.2. The zero-order chi connectivity index (χ0) is 21.3. The number of anilines is 1. The molecular formula is C23H24N2O5. The van der Waals surface area contributed by atoms with Gasteiger partial charge < -0.3 is 19.2 Å². The van der Waals surface area contributed by atoms with Crippen molar-refractivity contribution in [1.29, 1.82) is 0 Å². The number of nitrogens with zero attached hydrogens (tertiary/aromatic N) is 1. The highest BCUT2D eigenvalue weighted by molar-refractivity contribution is 6.09. The van der Waals surface area contributed by atoms with E-state index in [1.54, 1.807) is 36.3 Å². The Bertz CT molecular complexity index is 1100. The summed E-state index contributed by atoms with van der Waals surface area (Å²) >= 11 is 0. The van der Waals surface area contributed by atoms with Gasteiger partial charge in [0.1, 0.15) is 17.1 Å². The molecule has 2 amide bonds. The lowest BCUT2D eigenvalue weighted by Crippen LogP contribution is -2.50. The molecule has 0 aliphatic carbocycles. The maximum Gasteiger partial charge on any atom is 0.294 e. The summed E-state index contributed by atoms with van der Waals surface area (Å²) in [5.41, 5.74) is 1.94. The Kier molecular flexibility index (Phi) is 5.35. The van der Waals surface area contributed by atoms with E-state index >= 15 is 0 Å². The molecule has 1 aliphatic rings. The van der Waals surface area contributed by atoms with Gasteiger partial charge in [-0.25, -0.2) is 0 Å². The van der Waals surface area contributed by atoms with E-state index in [9.17, 15) is 9.59 Å². The first-order valence-corrected chi connectivity index (χ1v) is 9.96. The molecular weight excluding hydrogens is 384 g/mol. The lowest BCUT2D eigenvalue weighted by molar-refractivity contribution is -0.127. The molecule has 3 aromatic rings. The van der Waals surface area contributed by atoms with E-state index in [4.69, 9.17) is 13.9 Å². The summed E-state index contributed by atoms with van der Waals surface area (Å²) < 4.78 is 17.1. The van der Waals surface area contributed by atoms with Crippen LogP contribution in [0.3, 0.4) is 0 Å². The second-order valence-corrected chi connectivity index (χ2v) is 7.20. The van der Waals surface area contributed by atoms with Crippen LogP contribution in [0.15, 0.2) is 46.9 Å². The summed E-state index contributed by atoms with van der Waals surface area (Å²) in [6.07, 6.45) is 0.0273. The van der Waals surface area contributed by atoms with Crippen LogP contribution < -0.4 is 19.7 Å². The molecule has 1 atom stereocenters. The lowest BCUT2D eigenvalue weighted by Gasteiger charge is -2.33. The van der Waals surface area contributed by atoms with Crippen molar-refractivity contribution in [2.75, 3.05) is 25.1 Å². The molecule has 0 spiro atoms. The van der Waals surface area contributed by atoms with Gasteiger partial charge in [0.25, 0.3) is 11.8 Å². The van der Waals surface area contributed by atoms with E-state index in [0.29, 0.717) is 29.3 Å². The maximum atomic E-state index is 13.5. The lowest BCUT2D eigenvalue weighted by atomic mass is 10.1. The van der Waals surface area contributed by atoms with E-state index in [2.05, 4.69) is 5.32 Å². The SMILES string of the molecule is CCCNC(=O)[C@@H]1CN(C(=O)c2oc3ccc(OC)cc3c2C)c2ccccc2O1. The van der Waals surface area contributed by atoms with Crippen LogP contribution in [0.1, 0.15) is 29.5 Å². The number of aryl methyl sites for hydroxylation is 1. The van der Waals surface area contributed by atoms with Crippen molar-refractivity contribution in [3.05, 3.63) is 53.8 Å². The Morgan fingerprint density at radius 3 is 2.80 bits per heavy atom. The number of hydrogen-bond acceptors (Lipinski definition) is 5. The number of nitrogens with one attached hydrogen (secondary N) is 1. The number of para-hydroxylation sites is 2. The van der Waals surface area contributed by atoms with Crippen molar-refractivity contribution in [3.8, 4) is 11.5 Å². The summed E-state index contributed by atoms with van der Waals surface area (Å²) in [6.45, 7) is 4.48. The van der Waals surface area contributed by atoms with Crippen LogP contribution in [0.2, 0.25) is 0 Å². The number of furan rings is 1. The monoisotopic (exact) mass is 408 g/mol. The zero-order valence-electron chi connectivity index (χ0n) is 17.2. The Balaban J connectivity index is 1.71. The van der Waals surface area contributed by atoms with Crippen molar-refractivity contribution < 1.29 is 23.5 Å². The smallest absolute Gasteiger partial charge is 0.294 e. The van der Waals surface area contributed by atoms with Crippen LogP contribution in [-0.2, 0) is 4.79 Å². The third-order valence-electron chi connectivity index (χ3n) is 5.20. The summed E-state index contributed by atoms with van der Waals surface area (Å²) in [5.74, 6) is 0.864. The largest absolute Gasteiger partial charge is 0.497 e. The number of fused-ring (bicyclic) bond motifs is 2. The van der Waals surface area contributed by atoms with Gasteiger partial charge in [-0.3, -0.25) is 14.5 Å². The highest BCUT2D eigenvalue weighted by Gasteiger charge is 2.36. The van der Waals surface area contributed by atoms with Crippen LogP contribution in [0.5, 0.6) is 11.5 Å². The number of carbonyl (C=O) groups is 2. The van der Waals surface area contributed by atoms with Crippen LogP contribution in [-0.4, -0.2) is 38.1 Å². The highest BCUT2D eigenvalue weighted by Crippen LogP contribution is 2.36. The van der Waals surface area contributed by atoms with E-state index in [0.717, 1.165) is 17.4 Å². The molecule has 1 N–H and O–H groups in total. The fourth-order valence-corrected chi connectivity index (χ4v) is 3.58. The molecule has 2 heterocycles. The van der Waals surface area contributed by atoms with Gasteiger partial charge in [-0.05, 0) is 43.7 Å². The molecule has 30 heavy (non-hydrogen) atoms. The second kappa shape index (κ2) is 8.10. The van der Waals surface area contributed by atoms with E-state index in [-0.39, 0.29) is 24.1 Å². The van der Waals surface area contributed by atoms with Gasteiger partial charge in [-0.2, -0.15) is 0 Å². The van der Waals surface area contributed by atoms with Gasteiger partial charge in [0.05, 0.1) is 19.3 Å². The normalized spacial score (nSPS) is 15.4. The second-order valence-electron chi connectivity index (χ2n) is 7.20. The predicted molar refractivity (Wildman–Crippen MR) is 113 cm³/mol. The molecule has 1 aromatic heterocycles. The standard InChI is InChI=1S/C23H24N2O5/c1-4-11-24-22(26)20-13-25(17-7-5-6-8-19(17)29-20)23(27)21-14(2)16-12-15(28-3)9-10-18(16)30-21/h5-10,12,20H,4,11,13H2,1-3H3,(H,24,26)/t20-/m0/s1. The summed E-state index contributed by atoms with van der Waals surface area (Å²) in [7, 11) is 1.59. The molecule has 0 fully saturated rings. The topological polar surface area (TPSA) is 81.0 Å². The van der Waals surface area contributed by atoms with Gasteiger partial charge in [0, 0.05) is 17.5 Å². The number of methoxy groups -OCH3 is 1. The number of benzene rings is 2. The minimum Gasteiger partial charge on any atom is -0.497 e. The third kappa shape index (κ3) is 3.47. The van der Waals surface area contributed by atoms with Crippen LogP contribution >= 0.6 is 0 Å². The predicted octanol–water partition coefficient (Wildman–Crippen LogP) is 3.68. The van der Waals surface area contributed by atoms with Crippen molar-refractivity contribution in [3.63, 3.8) is 0 Å². The van der Waals surface area contributed by atoms with E-state index < -0.39 is 6.10 Å². The highest BCUT2D eigenvalue weighted by atomic mass is 16.5. The van der Waals surface area contributed by atoms with Crippen LogP contribution in [0, 0.1) is 6.92 Å². The summed E-state index contributed by atoms with van der Waals surface area (Å²) in [6, 6.07) is 12.6. The van der Waals surface area contributed by atoms with Gasteiger partial charge in [-0.1, -0.05) is 19.1 Å². The fourth-order valence-electron chi connectivity index (χ4n) is 3.58. The van der Waals surface area contributed by atoms with Crippen LogP contribution in [0.25, 0.3) is 11.0 Å². The molecule has 156 valence electrons. The number of carbonyl (C=O) groups excluding carboxylic acids is 2. The van der Waals surface area contributed by atoms with Gasteiger partial charge in [-0.15, -0.1) is 0 Å². The molecule has 0 radical (unpaired) electrons. The molecule has 0 bridgehead atoms. The first kappa shape index (κ1) is 19.8. The molecule has 7 nitrogen and oxygen atoms in total. The van der Waals surface area contributed by atoms with Crippen molar-refractivity contribution in [2.45, 2.75) is 26.4 Å². The Morgan fingerprint density at radius 1 is 1.23 bits per heavy atom. The number of hydrogen-bond donors (Lipinski definition) is 1. The molecule has 7 heteroatoms. The van der Waals surface area contributed by atoms with Crippen LogP contribution in [0.4, 0.5) is 5.69 Å². The average Bonchev–Trinajstić information content (AvgIpc) is 3.11. The minimum absolute atomic E-state index is 0.102. The first-order valence-electron chi connectivity index (χ1n) is 9.96. The molecule has 2 aromatic carbocycles. The molecule has 0 saturated carbocycles. The quantitative estimate of drug-likeness (QED) is 0.697. The first-order chi connectivity index (χ1) is 14.5. The fraction of sp³-hybridized carbons (Fsp3) is 0.304. The van der Waals surface area contributed by atoms with Crippen molar-refractivity contribution in [2.24, 2.45) is 0 Å². The number of ether oxygens (including phenoxy) is 2. The van der Waals surface area contributed by atoms with Crippen molar-refractivity contribution >= 4 is 28.5 Å². The van der Waals surface area contributed by atoms with E-state index in [1.807, 2.05) is 32.0 Å². The summed E-state index contributed by atoms with van der Waals surface area (Å²) in [5, 5.41) is 3.65. The van der Waals surface area contributed by atoms with E-state index in [1.165, 1.54) is 0 Å².